The van der Waals surface area contributed by atoms with Gasteiger partial charge >= 0.3 is 0 Å². The molecule has 5 nitrogen and oxygen atoms in total. The summed E-state index contributed by atoms with van der Waals surface area (Å²) in [5.41, 5.74) is 0.613. The van der Waals surface area contributed by atoms with E-state index in [9.17, 15) is 5.11 Å². The number of aliphatic hydroxyl groups excluding tert-OH is 1. The predicted octanol–water partition coefficient (Wildman–Crippen LogP) is 4.23. The molecule has 5 aliphatic rings. The highest BCUT2D eigenvalue weighted by molar-refractivity contribution is 5.16. The molecule has 1 spiro atoms. The molecule has 0 aliphatic heterocycles. The van der Waals surface area contributed by atoms with Crippen LogP contribution in [0.3, 0.4) is 0 Å². The molecule has 0 aromatic carbocycles. The van der Waals surface area contributed by atoms with Crippen molar-refractivity contribution >= 4 is 0 Å². The Kier molecular flexibility index (Phi) is 6.36. The number of methoxy groups -OCH3 is 2. The first kappa shape index (κ1) is 22.0. The van der Waals surface area contributed by atoms with Crippen LogP contribution in [-0.4, -0.2) is 52.2 Å². The smallest absolute Gasteiger partial charge is 0.146 e. The third-order valence-electron chi connectivity index (χ3n) is 9.81. The number of hydrogen-bond donors (Lipinski definition) is 1. The van der Waals surface area contributed by atoms with Crippen molar-refractivity contribution in [3.05, 3.63) is 0 Å². The van der Waals surface area contributed by atoms with Crippen molar-refractivity contribution in [1.29, 1.82) is 0 Å². The van der Waals surface area contributed by atoms with Gasteiger partial charge in [-0.25, -0.2) is 0 Å². The minimum atomic E-state index is 0.0785. The number of rotatable bonds is 8. The molecular weight excluding hydrogens is 368 g/mol. The van der Waals surface area contributed by atoms with E-state index >= 15 is 0 Å². The second-order valence-corrected chi connectivity index (χ2v) is 11.0. The van der Waals surface area contributed by atoms with Gasteiger partial charge in [0.05, 0.1) is 12.7 Å². The molecule has 0 radical (unpaired) electrons. The fourth-order valence-electron chi connectivity index (χ4n) is 8.69. The van der Waals surface area contributed by atoms with Gasteiger partial charge in [0.2, 0.25) is 0 Å². The van der Waals surface area contributed by atoms with Gasteiger partial charge in [0.15, 0.2) is 0 Å². The fraction of sp³-hybridized carbons (Fsp3) is 1.00. The maximum absolute atomic E-state index is 10.3. The van der Waals surface area contributed by atoms with Crippen LogP contribution < -0.4 is 0 Å². The topological polar surface area (TPSA) is 57.2 Å². The highest BCUT2D eigenvalue weighted by atomic mass is 16.7. The third-order valence-corrected chi connectivity index (χ3v) is 9.81. The summed E-state index contributed by atoms with van der Waals surface area (Å²) >= 11 is 0. The lowest BCUT2D eigenvalue weighted by Gasteiger charge is -2.70. The zero-order valence-corrected chi connectivity index (χ0v) is 19.0. The molecule has 0 heterocycles. The maximum atomic E-state index is 10.3. The summed E-state index contributed by atoms with van der Waals surface area (Å²) in [6, 6.07) is 0. The molecule has 8 atom stereocenters. The minimum absolute atomic E-state index is 0.0785. The molecule has 5 aliphatic carbocycles. The van der Waals surface area contributed by atoms with E-state index in [2.05, 4.69) is 13.8 Å². The van der Waals surface area contributed by atoms with Gasteiger partial charge in [0.1, 0.15) is 13.6 Å². The van der Waals surface area contributed by atoms with Crippen LogP contribution in [0.25, 0.3) is 0 Å². The van der Waals surface area contributed by atoms with E-state index in [1.54, 1.807) is 14.2 Å². The van der Waals surface area contributed by atoms with Gasteiger partial charge in [-0.05, 0) is 73.5 Å². The summed E-state index contributed by atoms with van der Waals surface area (Å²) in [6.07, 6.45) is 10.2. The van der Waals surface area contributed by atoms with Crippen LogP contribution in [0, 0.1) is 39.9 Å². The van der Waals surface area contributed by atoms with Crippen molar-refractivity contribution in [3.8, 4) is 0 Å². The van der Waals surface area contributed by atoms with E-state index in [0.717, 1.165) is 6.61 Å². The van der Waals surface area contributed by atoms with E-state index < -0.39 is 0 Å². The summed E-state index contributed by atoms with van der Waals surface area (Å²) in [5, 5.41) is 10.3. The van der Waals surface area contributed by atoms with Gasteiger partial charge in [-0.15, -0.1) is 0 Å². The summed E-state index contributed by atoms with van der Waals surface area (Å²) in [6.45, 7) is 6.66. The van der Waals surface area contributed by atoms with Crippen molar-refractivity contribution in [1.82, 2.24) is 0 Å². The molecule has 1 N–H and O–H groups in total. The Morgan fingerprint density at radius 1 is 0.931 bits per heavy atom. The lowest BCUT2D eigenvalue weighted by atomic mass is 9.35. The van der Waals surface area contributed by atoms with Crippen LogP contribution >= 0.6 is 0 Å². The quantitative estimate of drug-likeness (QED) is 0.479. The summed E-state index contributed by atoms with van der Waals surface area (Å²) in [7, 11) is 3.41. The highest BCUT2D eigenvalue weighted by Gasteiger charge is 2.68. The monoisotopic (exact) mass is 410 g/mol. The SMILES string of the molecule is COCOC[C@H]1[C@@H]2CC[C@@]3(CC[C@@H]4[C@](C)(CO)CCC[C@@]4(C)[C@@H]3C2)[C@@H]1OCOC. The minimum Gasteiger partial charge on any atom is -0.396 e. The molecule has 5 saturated carbocycles. The van der Waals surface area contributed by atoms with Crippen LogP contribution in [0.1, 0.15) is 65.2 Å². The third kappa shape index (κ3) is 3.40. The summed E-state index contributed by atoms with van der Waals surface area (Å²) in [5.74, 6) is 2.38. The van der Waals surface area contributed by atoms with Gasteiger partial charge in [0, 0.05) is 32.2 Å². The zero-order chi connectivity index (χ0) is 20.7. The first-order chi connectivity index (χ1) is 13.9. The summed E-state index contributed by atoms with van der Waals surface area (Å²) < 4.78 is 22.9. The van der Waals surface area contributed by atoms with Crippen LogP contribution in [0.4, 0.5) is 0 Å². The van der Waals surface area contributed by atoms with E-state index in [4.69, 9.17) is 18.9 Å². The van der Waals surface area contributed by atoms with Crippen molar-refractivity contribution in [2.45, 2.75) is 71.3 Å². The van der Waals surface area contributed by atoms with Crippen molar-refractivity contribution in [2.75, 3.05) is 41.0 Å². The molecule has 5 fully saturated rings. The summed E-state index contributed by atoms with van der Waals surface area (Å²) in [4.78, 5) is 0. The lowest BCUT2D eigenvalue weighted by molar-refractivity contribution is -0.278. The van der Waals surface area contributed by atoms with Crippen molar-refractivity contribution < 1.29 is 24.1 Å². The lowest BCUT2D eigenvalue weighted by Crippen LogP contribution is -2.67. The van der Waals surface area contributed by atoms with Crippen molar-refractivity contribution in [3.63, 3.8) is 0 Å². The molecule has 0 aromatic rings. The van der Waals surface area contributed by atoms with Crippen LogP contribution in [-0.2, 0) is 18.9 Å². The van der Waals surface area contributed by atoms with Crippen LogP contribution in [0.15, 0.2) is 0 Å². The highest BCUT2D eigenvalue weighted by Crippen LogP contribution is 2.72. The first-order valence-electron chi connectivity index (χ1n) is 11.7. The Bertz CT molecular complexity index is 569. The molecule has 0 unspecified atom stereocenters. The standard InChI is InChI=1S/C24H42O5/c1-22(14-25)8-5-9-23(2)19(22)7-11-24-10-6-17(12-20(23)24)18(13-28-15-26-3)21(24)29-16-27-4/h17-21,25H,5-16H2,1-4H3/t17-,18+,19-,20+,21-,22+,23-,24+/m1/s1. The molecule has 29 heavy (non-hydrogen) atoms. The molecular formula is C24H42O5. The molecule has 0 aromatic heterocycles. The van der Waals surface area contributed by atoms with E-state index in [1.807, 2.05) is 0 Å². The van der Waals surface area contributed by atoms with E-state index in [1.165, 1.54) is 51.4 Å². The average Bonchev–Trinajstić information content (AvgIpc) is 2.72. The Balaban J connectivity index is 1.65. The maximum Gasteiger partial charge on any atom is 0.146 e. The number of aliphatic hydroxyl groups is 1. The first-order valence-corrected chi connectivity index (χ1v) is 11.7. The largest absolute Gasteiger partial charge is 0.396 e. The van der Waals surface area contributed by atoms with Gasteiger partial charge in [0.25, 0.3) is 0 Å². The molecule has 0 amide bonds. The molecule has 0 saturated heterocycles. The Morgan fingerprint density at radius 2 is 1.69 bits per heavy atom. The van der Waals surface area contributed by atoms with E-state index in [-0.39, 0.29) is 16.9 Å². The Labute approximate surface area is 176 Å². The normalized spacial score (nSPS) is 48.9. The Morgan fingerprint density at radius 3 is 2.41 bits per heavy atom. The Hall–Kier alpha value is -0.200. The predicted molar refractivity (Wildman–Crippen MR) is 111 cm³/mol. The van der Waals surface area contributed by atoms with Crippen LogP contribution in [0.2, 0.25) is 0 Å². The van der Waals surface area contributed by atoms with Gasteiger partial charge in [-0.1, -0.05) is 20.3 Å². The number of fused-ring (bicyclic) bond motifs is 3. The molecule has 2 bridgehead atoms. The molecule has 5 heteroatoms. The molecule has 168 valence electrons. The fourth-order valence-corrected chi connectivity index (χ4v) is 8.69. The number of ether oxygens (including phenoxy) is 4. The molecule has 5 rings (SSSR count). The van der Waals surface area contributed by atoms with Gasteiger partial charge < -0.3 is 24.1 Å². The van der Waals surface area contributed by atoms with E-state index in [0.29, 0.717) is 49.3 Å². The second-order valence-electron chi connectivity index (χ2n) is 11.0. The van der Waals surface area contributed by atoms with Gasteiger partial charge in [-0.2, -0.15) is 0 Å². The van der Waals surface area contributed by atoms with Gasteiger partial charge in [-0.3, -0.25) is 0 Å². The number of hydrogen-bond acceptors (Lipinski definition) is 5. The average molecular weight is 411 g/mol. The van der Waals surface area contributed by atoms with Crippen LogP contribution in [0.5, 0.6) is 0 Å². The zero-order valence-electron chi connectivity index (χ0n) is 19.0. The second kappa shape index (κ2) is 8.38. The van der Waals surface area contributed by atoms with Crippen molar-refractivity contribution in [2.24, 2.45) is 39.9 Å².